The molecule has 1 aromatic heterocycles. The fourth-order valence-corrected chi connectivity index (χ4v) is 3.66. The van der Waals surface area contributed by atoms with E-state index in [2.05, 4.69) is 60.2 Å². The Morgan fingerprint density at radius 2 is 2.00 bits per heavy atom. The van der Waals surface area contributed by atoms with Crippen LogP contribution >= 0.6 is 11.3 Å². The molecule has 0 spiro atoms. The Kier molecular flexibility index (Phi) is 4.64. The highest BCUT2D eigenvalue weighted by atomic mass is 32.1. The summed E-state index contributed by atoms with van der Waals surface area (Å²) >= 11 is 1.70. The van der Waals surface area contributed by atoms with Crippen molar-refractivity contribution in [3.8, 4) is 0 Å². The number of rotatable bonds is 4. The minimum atomic E-state index is 0.264. The van der Waals surface area contributed by atoms with Crippen molar-refractivity contribution in [2.75, 3.05) is 23.3 Å². The lowest BCUT2D eigenvalue weighted by atomic mass is 10.1. The molecule has 1 saturated heterocycles. The standard InChI is InChI=1S/C17H23N3OS/c1-12-9-20(10-13(2)21-12)16-7-5-4-6-15(16)18-8-17-14(3)19-11-22-17/h4-7,11-13,18H,8-10H2,1-3H3/t12-,13-/m0/s1. The van der Waals surface area contributed by atoms with Gasteiger partial charge in [0.1, 0.15) is 0 Å². The molecule has 0 saturated carbocycles. The van der Waals surface area contributed by atoms with Crippen LogP contribution in [0.15, 0.2) is 29.8 Å². The van der Waals surface area contributed by atoms with Crippen molar-refractivity contribution < 1.29 is 4.74 Å². The third-order valence-electron chi connectivity index (χ3n) is 3.95. The van der Waals surface area contributed by atoms with E-state index in [0.29, 0.717) is 0 Å². The number of aromatic nitrogens is 1. The van der Waals surface area contributed by atoms with Gasteiger partial charge in [0.05, 0.1) is 41.3 Å². The second kappa shape index (κ2) is 6.67. The highest BCUT2D eigenvalue weighted by Gasteiger charge is 2.23. The fraction of sp³-hybridized carbons (Fsp3) is 0.471. The molecule has 1 fully saturated rings. The van der Waals surface area contributed by atoms with Crippen LogP contribution < -0.4 is 10.2 Å². The van der Waals surface area contributed by atoms with E-state index >= 15 is 0 Å². The molecule has 1 N–H and O–H groups in total. The number of hydrogen-bond donors (Lipinski definition) is 1. The lowest BCUT2D eigenvalue weighted by molar-refractivity contribution is -0.00517. The van der Waals surface area contributed by atoms with Gasteiger partial charge in [0.2, 0.25) is 0 Å². The van der Waals surface area contributed by atoms with Crippen LogP contribution in [0.1, 0.15) is 24.4 Å². The van der Waals surface area contributed by atoms with Crippen LogP contribution in [0.25, 0.3) is 0 Å². The van der Waals surface area contributed by atoms with Crippen LogP contribution in [-0.4, -0.2) is 30.3 Å². The Balaban J connectivity index is 1.76. The Bertz CT molecular complexity index is 618. The van der Waals surface area contributed by atoms with Crippen molar-refractivity contribution in [2.24, 2.45) is 0 Å². The quantitative estimate of drug-likeness (QED) is 0.933. The average Bonchev–Trinajstić information content (AvgIpc) is 2.90. The normalized spacial score (nSPS) is 21.9. The molecule has 0 radical (unpaired) electrons. The number of ether oxygens (including phenoxy) is 1. The summed E-state index contributed by atoms with van der Waals surface area (Å²) in [6.07, 6.45) is 0.529. The minimum absolute atomic E-state index is 0.264. The van der Waals surface area contributed by atoms with Crippen molar-refractivity contribution >= 4 is 22.7 Å². The van der Waals surface area contributed by atoms with Crippen molar-refractivity contribution in [2.45, 2.75) is 39.5 Å². The van der Waals surface area contributed by atoms with Gasteiger partial charge in [-0.15, -0.1) is 11.3 Å². The second-order valence-corrected chi connectivity index (χ2v) is 6.83. The lowest BCUT2D eigenvalue weighted by Crippen LogP contribution is -2.45. The maximum Gasteiger partial charge on any atom is 0.0798 e. The van der Waals surface area contributed by atoms with Crippen LogP contribution in [-0.2, 0) is 11.3 Å². The van der Waals surface area contributed by atoms with Crippen molar-refractivity contribution in [3.63, 3.8) is 0 Å². The first kappa shape index (κ1) is 15.3. The number of benzene rings is 1. The van der Waals surface area contributed by atoms with Gasteiger partial charge in [-0.25, -0.2) is 4.98 Å². The van der Waals surface area contributed by atoms with E-state index in [1.54, 1.807) is 11.3 Å². The van der Waals surface area contributed by atoms with Gasteiger partial charge in [0.25, 0.3) is 0 Å². The number of morpholine rings is 1. The highest BCUT2D eigenvalue weighted by molar-refractivity contribution is 7.09. The van der Waals surface area contributed by atoms with Crippen LogP contribution in [0.5, 0.6) is 0 Å². The molecule has 3 rings (SSSR count). The smallest absolute Gasteiger partial charge is 0.0798 e. The van der Waals surface area contributed by atoms with Gasteiger partial charge in [0, 0.05) is 18.0 Å². The van der Waals surface area contributed by atoms with Gasteiger partial charge in [-0.2, -0.15) is 0 Å². The number of aryl methyl sites for hydroxylation is 1. The maximum absolute atomic E-state index is 5.84. The molecular formula is C17H23N3OS. The van der Waals surface area contributed by atoms with E-state index < -0.39 is 0 Å². The van der Waals surface area contributed by atoms with E-state index in [1.165, 1.54) is 16.3 Å². The summed E-state index contributed by atoms with van der Waals surface area (Å²) in [7, 11) is 0. The summed E-state index contributed by atoms with van der Waals surface area (Å²) in [5, 5.41) is 3.57. The zero-order valence-electron chi connectivity index (χ0n) is 13.4. The number of para-hydroxylation sites is 2. The maximum atomic E-state index is 5.84. The minimum Gasteiger partial charge on any atom is -0.378 e. The zero-order valence-corrected chi connectivity index (χ0v) is 14.2. The number of nitrogens with one attached hydrogen (secondary N) is 1. The van der Waals surface area contributed by atoms with Gasteiger partial charge >= 0.3 is 0 Å². The van der Waals surface area contributed by atoms with Gasteiger partial charge < -0.3 is 15.0 Å². The highest BCUT2D eigenvalue weighted by Crippen LogP contribution is 2.29. The summed E-state index contributed by atoms with van der Waals surface area (Å²) < 4.78 is 5.84. The van der Waals surface area contributed by atoms with Gasteiger partial charge in [-0.05, 0) is 32.9 Å². The zero-order chi connectivity index (χ0) is 15.5. The first-order chi connectivity index (χ1) is 10.6. The summed E-state index contributed by atoms with van der Waals surface area (Å²) in [4.78, 5) is 8.02. The van der Waals surface area contributed by atoms with Crippen molar-refractivity contribution in [3.05, 3.63) is 40.3 Å². The van der Waals surface area contributed by atoms with E-state index in [1.807, 2.05) is 5.51 Å². The molecular weight excluding hydrogens is 294 g/mol. The molecule has 0 bridgehead atoms. The molecule has 0 aliphatic carbocycles. The lowest BCUT2D eigenvalue weighted by Gasteiger charge is -2.37. The van der Waals surface area contributed by atoms with E-state index in [9.17, 15) is 0 Å². The largest absolute Gasteiger partial charge is 0.378 e. The molecule has 0 amide bonds. The van der Waals surface area contributed by atoms with Crippen LogP contribution in [0.4, 0.5) is 11.4 Å². The molecule has 1 aromatic carbocycles. The summed E-state index contributed by atoms with van der Waals surface area (Å²) in [5.74, 6) is 0. The molecule has 118 valence electrons. The van der Waals surface area contributed by atoms with Crippen LogP contribution in [0, 0.1) is 6.92 Å². The van der Waals surface area contributed by atoms with Gasteiger partial charge in [-0.3, -0.25) is 0 Å². The Hall–Kier alpha value is -1.59. The Labute approximate surface area is 136 Å². The summed E-state index contributed by atoms with van der Waals surface area (Å²) in [6, 6.07) is 8.52. The van der Waals surface area contributed by atoms with E-state index in [-0.39, 0.29) is 12.2 Å². The molecule has 2 atom stereocenters. The van der Waals surface area contributed by atoms with E-state index in [4.69, 9.17) is 4.74 Å². The van der Waals surface area contributed by atoms with Gasteiger partial charge in [-0.1, -0.05) is 12.1 Å². The molecule has 5 heteroatoms. The van der Waals surface area contributed by atoms with E-state index in [0.717, 1.165) is 25.3 Å². The SMILES string of the molecule is Cc1ncsc1CNc1ccccc1N1C[C@H](C)O[C@@H](C)C1. The third-order valence-corrected chi connectivity index (χ3v) is 4.88. The number of nitrogens with zero attached hydrogens (tertiary/aromatic N) is 2. The number of anilines is 2. The monoisotopic (exact) mass is 317 g/mol. The van der Waals surface area contributed by atoms with Crippen LogP contribution in [0.2, 0.25) is 0 Å². The molecule has 0 unspecified atom stereocenters. The third kappa shape index (κ3) is 3.42. The topological polar surface area (TPSA) is 37.4 Å². The first-order valence-corrected chi connectivity index (χ1v) is 8.63. The Morgan fingerprint density at radius 3 is 2.68 bits per heavy atom. The summed E-state index contributed by atoms with van der Waals surface area (Å²) in [6.45, 7) is 9.03. The molecule has 1 aliphatic heterocycles. The fourth-order valence-electron chi connectivity index (χ4n) is 2.94. The Morgan fingerprint density at radius 1 is 1.27 bits per heavy atom. The molecule has 1 aliphatic rings. The second-order valence-electron chi connectivity index (χ2n) is 5.89. The first-order valence-electron chi connectivity index (χ1n) is 7.75. The predicted octanol–water partition coefficient (Wildman–Crippen LogP) is 3.68. The molecule has 4 nitrogen and oxygen atoms in total. The van der Waals surface area contributed by atoms with Crippen LogP contribution in [0.3, 0.4) is 0 Å². The predicted molar refractivity (Wildman–Crippen MR) is 92.8 cm³/mol. The molecule has 22 heavy (non-hydrogen) atoms. The average molecular weight is 317 g/mol. The van der Waals surface area contributed by atoms with Gasteiger partial charge in [0.15, 0.2) is 0 Å². The molecule has 2 heterocycles. The van der Waals surface area contributed by atoms with Crippen molar-refractivity contribution in [1.82, 2.24) is 4.98 Å². The summed E-state index contributed by atoms with van der Waals surface area (Å²) in [5.41, 5.74) is 5.45. The number of hydrogen-bond acceptors (Lipinski definition) is 5. The van der Waals surface area contributed by atoms with Crippen molar-refractivity contribution in [1.29, 1.82) is 0 Å². The molecule has 2 aromatic rings. The number of thiazole rings is 1.